The van der Waals surface area contributed by atoms with E-state index in [1.807, 2.05) is 24.3 Å². The molecule has 5 rings (SSSR count). The largest absolute Gasteiger partial charge is 0.634 e. The van der Waals surface area contributed by atoms with E-state index in [0.29, 0.717) is 22.6 Å². The van der Waals surface area contributed by atoms with Gasteiger partial charge < -0.3 is 9.31 Å². The van der Waals surface area contributed by atoms with Crippen LogP contribution in [0, 0.1) is 0 Å². The third-order valence-electron chi connectivity index (χ3n) is 7.33. The molecule has 1 heterocycles. The predicted molar refractivity (Wildman–Crippen MR) is 168 cm³/mol. The van der Waals surface area contributed by atoms with Crippen molar-refractivity contribution in [3.05, 3.63) is 66.7 Å². The molecule has 0 fully saturated rings. The minimum atomic E-state index is -0.460. The molecule has 0 bridgehead atoms. The van der Waals surface area contributed by atoms with Crippen molar-refractivity contribution in [3.63, 3.8) is 0 Å². The van der Waals surface area contributed by atoms with E-state index in [9.17, 15) is 0 Å². The van der Waals surface area contributed by atoms with Gasteiger partial charge in [-0.15, -0.1) is 0 Å². The van der Waals surface area contributed by atoms with E-state index in [-0.39, 0.29) is 15.8 Å². The molecule has 2 nitrogen and oxygen atoms in total. The molecule has 0 N–H and O–H groups in total. The quantitative estimate of drug-likeness (QED) is 0.137. The first kappa shape index (κ1) is 26.5. The highest BCUT2D eigenvalue weighted by molar-refractivity contribution is 7.68. The molecule has 0 saturated carbocycles. The highest BCUT2D eigenvalue weighted by Crippen LogP contribution is 2.49. The molecule has 0 amide bonds. The van der Waals surface area contributed by atoms with Crippen LogP contribution in [0.4, 0.5) is 0 Å². The highest BCUT2D eigenvalue weighted by Gasteiger charge is 2.39. The monoisotopic (exact) mass is 528 g/mol. The summed E-state index contributed by atoms with van der Waals surface area (Å²) in [7, 11) is -1.21. The van der Waals surface area contributed by atoms with Crippen molar-refractivity contribution < 1.29 is 9.31 Å². The Morgan fingerprint density at radius 3 is 1.32 bits per heavy atom. The predicted octanol–water partition coefficient (Wildman–Crippen LogP) is 8.01. The Morgan fingerprint density at radius 1 is 0.541 bits per heavy atom. The lowest BCUT2D eigenvalue weighted by Crippen LogP contribution is -2.43. The molecule has 0 saturated heterocycles. The van der Waals surface area contributed by atoms with Crippen LogP contribution in [0.25, 0.3) is 21.5 Å². The smallest absolute Gasteiger partial charge is 0.519 e. The summed E-state index contributed by atoms with van der Waals surface area (Å²) in [5.41, 5.74) is 3.57. The van der Waals surface area contributed by atoms with E-state index >= 15 is 0 Å². The van der Waals surface area contributed by atoms with Gasteiger partial charge in [0.05, 0.1) is 0 Å². The summed E-state index contributed by atoms with van der Waals surface area (Å²) in [5, 5.41) is 8.21. The van der Waals surface area contributed by atoms with Gasteiger partial charge in [0.1, 0.15) is 11.5 Å². The number of fused-ring (bicyclic) bond motifs is 3. The van der Waals surface area contributed by atoms with Crippen LogP contribution in [0.1, 0.15) is 55.4 Å². The van der Waals surface area contributed by atoms with Crippen LogP contribution in [0.2, 0.25) is 0 Å². The lowest BCUT2D eigenvalue weighted by Gasteiger charge is -2.31. The third-order valence-corrected chi connectivity index (χ3v) is 13.6. The van der Waals surface area contributed by atoms with Crippen LogP contribution in [-0.4, -0.2) is 29.8 Å². The van der Waals surface area contributed by atoms with Gasteiger partial charge in [-0.2, -0.15) is 0 Å². The average molecular weight is 528 g/mol. The Hall–Kier alpha value is -2.08. The van der Waals surface area contributed by atoms with E-state index < -0.39 is 7.12 Å². The average Bonchev–Trinajstić information content (AvgIpc) is 3.26. The molecule has 0 aliphatic carbocycles. The number of benzene rings is 4. The van der Waals surface area contributed by atoms with E-state index in [1.54, 1.807) is 0 Å². The summed E-state index contributed by atoms with van der Waals surface area (Å²) in [6.45, 7) is 19.0. The fraction of sp³-hybridized carbons (Fsp3) is 0.375. The van der Waals surface area contributed by atoms with Crippen LogP contribution in [0.15, 0.2) is 66.7 Å². The Kier molecular flexibility index (Phi) is 7.59. The summed E-state index contributed by atoms with van der Waals surface area (Å²) in [6, 6.07) is 24.3. The van der Waals surface area contributed by atoms with Gasteiger partial charge in [-0.3, -0.25) is 0 Å². The third kappa shape index (κ3) is 4.79. The zero-order valence-electron chi connectivity index (χ0n) is 23.4. The number of para-hydroxylation sites is 2. The molecule has 5 heteroatoms. The van der Waals surface area contributed by atoms with Gasteiger partial charge in [0.25, 0.3) is 0 Å². The van der Waals surface area contributed by atoms with Crippen molar-refractivity contribution in [2.75, 3.05) is 0 Å². The summed E-state index contributed by atoms with van der Waals surface area (Å²) in [6.07, 6.45) is 0. The molecular formula is C32H39BO2P2. The van der Waals surface area contributed by atoms with Crippen molar-refractivity contribution in [3.8, 4) is 11.5 Å². The molecule has 0 atom stereocenters. The van der Waals surface area contributed by atoms with E-state index in [0.717, 1.165) is 11.5 Å². The maximum Gasteiger partial charge on any atom is 0.634 e. The van der Waals surface area contributed by atoms with Gasteiger partial charge in [0.15, 0.2) is 0 Å². The first-order valence-corrected chi connectivity index (χ1v) is 16.6. The first-order chi connectivity index (χ1) is 17.7. The van der Waals surface area contributed by atoms with Gasteiger partial charge >= 0.3 is 7.12 Å². The van der Waals surface area contributed by atoms with Crippen LogP contribution >= 0.6 is 15.8 Å². The summed E-state index contributed by atoms with van der Waals surface area (Å²) < 4.78 is 13.2. The molecular weight excluding hydrogens is 489 g/mol. The van der Waals surface area contributed by atoms with E-state index in [1.165, 1.54) is 37.6 Å². The van der Waals surface area contributed by atoms with Gasteiger partial charge in [-0.25, -0.2) is 0 Å². The fourth-order valence-electron chi connectivity index (χ4n) is 6.22. The number of rotatable bonds is 7. The zero-order chi connectivity index (χ0) is 26.4. The summed E-state index contributed by atoms with van der Waals surface area (Å²) in [4.78, 5) is 0. The van der Waals surface area contributed by atoms with Crippen LogP contribution < -0.4 is 25.4 Å². The lowest BCUT2D eigenvalue weighted by atomic mass is 9.73. The maximum atomic E-state index is 6.61. The standard InChI is InChI=1S/C32H39BO2P2/c1-20(2)36(21(3)4)28-17-11-13-24-19-25-14-12-18-29(37(22(5)6)23(7)8)31(25)32(30(24)28)33-34-26-15-9-10-16-27(26)35-33/h9-23H,1-8H3. The molecule has 1 aliphatic rings. The topological polar surface area (TPSA) is 18.5 Å². The van der Waals surface area contributed by atoms with Crippen molar-refractivity contribution in [1.82, 2.24) is 0 Å². The van der Waals surface area contributed by atoms with Crippen molar-refractivity contribution in [2.45, 2.75) is 78.0 Å². The van der Waals surface area contributed by atoms with Gasteiger partial charge in [-0.05, 0) is 73.0 Å². The first-order valence-electron chi connectivity index (χ1n) is 13.7. The molecule has 0 aromatic heterocycles. The van der Waals surface area contributed by atoms with Crippen LogP contribution in [-0.2, 0) is 0 Å². The number of hydrogen-bond donors (Lipinski definition) is 0. The highest BCUT2D eigenvalue weighted by atomic mass is 31.1. The Morgan fingerprint density at radius 2 is 0.946 bits per heavy atom. The minimum Gasteiger partial charge on any atom is -0.519 e. The van der Waals surface area contributed by atoms with E-state index in [2.05, 4.69) is 97.9 Å². The molecule has 4 aromatic rings. The van der Waals surface area contributed by atoms with Crippen LogP contribution in [0.5, 0.6) is 11.5 Å². The lowest BCUT2D eigenvalue weighted by molar-refractivity contribution is 0.520. The van der Waals surface area contributed by atoms with Gasteiger partial charge in [0.2, 0.25) is 0 Å². The van der Waals surface area contributed by atoms with E-state index in [4.69, 9.17) is 9.31 Å². The second-order valence-corrected chi connectivity index (χ2v) is 18.0. The Bertz CT molecular complexity index is 1310. The zero-order valence-corrected chi connectivity index (χ0v) is 25.2. The second-order valence-electron chi connectivity index (χ2n) is 11.2. The molecule has 1 aliphatic heterocycles. The molecule has 37 heavy (non-hydrogen) atoms. The summed E-state index contributed by atoms with van der Waals surface area (Å²) in [5.74, 6) is 1.66. The summed E-state index contributed by atoms with van der Waals surface area (Å²) >= 11 is 0. The SMILES string of the molecule is CC(C)P(c1cccc2cc3cccc(P(C(C)C)C(C)C)c3c(B3Oc4ccccc4O3)c12)C(C)C. The van der Waals surface area contributed by atoms with Crippen molar-refractivity contribution in [2.24, 2.45) is 0 Å². The van der Waals surface area contributed by atoms with Crippen molar-refractivity contribution in [1.29, 1.82) is 0 Å². The fourth-order valence-corrected chi connectivity index (χ4v) is 12.4. The Balaban J connectivity index is 1.91. The Labute approximate surface area is 225 Å². The van der Waals surface area contributed by atoms with Gasteiger partial charge in [0, 0.05) is 5.46 Å². The molecule has 0 unspecified atom stereocenters. The second kappa shape index (κ2) is 10.6. The molecule has 0 radical (unpaired) electrons. The molecule has 4 aromatic carbocycles. The van der Waals surface area contributed by atoms with Crippen LogP contribution in [0.3, 0.4) is 0 Å². The van der Waals surface area contributed by atoms with Crippen molar-refractivity contribution >= 4 is 60.6 Å². The molecule has 192 valence electrons. The maximum absolute atomic E-state index is 6.61. The van der Waals surface area contributed by atoms with Gasteiger partial charge in [-0.1, -0.05) is 120 Å². The molecule has 0 spiro atoms. The minimum absolute atomic E-state index is 0.374. The number of hydrogen-bond acceptors (Lipinski definition) is 2. The normalized spacial score (nSPS) is 13.6.